The Balaban J connectivity index is 2.02. The van der Waals surface area contributed by atoms with E-state index in [4.69, 9.17) is 5.73 Å². The van der Waals surface area contributed by atoms with Crippen LogP contribution in [0.4, 0.5) is 0 Å². The molecule has 0 amide bonds. The normalized spacial score (nSPS) is 36.9. The molecule has 14 heavy (non-hydrogen) atoms. The summed E-state index contributed by atoms with van der Waals surface area (Å²) in [7, 11) is 0. The Morgan fingerprint density at radius 3 is 1.93 bits per heavy atom. The molecule has 2 fully saturated rings. The van der Waals surface area contributed by atoms with Gasteiger partial charge >= 0.3 is 0 Å². The van der Waals surface area contributed by atoms with Crippen molar-refractivity contribution in [3.05, 3.63) is 0 Å². The van der Waals surface area contributed by atoms with E-state index in [0.29, 0.717) is 5.41 Å². The van der Waals surface area contributed by atoms with E-state index in [1.807, 2.05) is 0 Å². The first-order valence-electron chi connectivity index (χ1n) is 6.24. The third-order valence-electron chi connectivity index (χ3n) is 4.87. The zero-order valence-corrected chi connectivity index (χ0v) is 9.97. The summed E-state index contributed by atoms with van der Waals surface area (Å²) in [5.74, 6) is 1.89. The highest BCUT2D eigenvalue weighted by molar-refractivity contribution is 5.10. The van der Waals surface area contributed by atoms with Crippen molar-refractivity contribution in [2.24, 2.45) is 23.0 Å². The van der Waals surface area contributed by atoms with Crippen molar-refractivity contribution in [1.29, 1.82) is 0 Å². The molecule has 0 aromatic rings. The van der Waals surface area contributed by atoms with E-state index in [1.165, 1.54) is 38.5 Å². The van der Waals surface area contributed by atoms with Crippen LogP contribution in [0, 0.1) is 17.3 Å². The maximum absolute atomic E-state index is 6.34. The quantitative estimate of drug-likeness (QED) is 0.718. The van der Waals surface area contributed by atoms with E-state index < -0.39 is 0 Å². The minimum atomic E-state index is 0.0538. The van der Waals surface area contributed by atoms with Crippen molar-refractivity contribution in [2.75, 3.05) is 0 Å². The predicted octanol–water partition coefficient (Wildman–Crippen LogP) is 3.33. The van der Waals surface area contributed by atoms with E-state index in [0.717, 1.165) is 11.8 Å². The third kappa shape index (κ3) is 1.60. The maximum atomic E-state index is 6.34. The smallest absolute Gasteiger partial charge is 0.0156 e. The summed E-state index contributed by atoms with van der Waals surface area (Å²) in [4.78, 5) is 0. The monoisotopic (exact) mass is 195 g/mol. The van der Waals surface area contributed by atoms with Crippen LogP contribution in [0.3, 0.4) is 0 Å². The zero-order valence-electron chi connectivity index (χ0n) is 9.97. The van der Waals surface area contributed by atoms with Crippen LogP contribution in [0.2, 0.25) is 0 Å². The van der Waals surface area contributed by atoms with Crippen molar-refractivity contribution in [3.8, 4) is 0 Å². The van der Waals surface area contributed by atoms with Gasteiger partial charge in [0.25, 0.3) is 0 Å². The molecule has 0 bridgehead atoms. The molecule has 0 aromatic carbocycles. The largest absolute Gasteiger partial charge is 0.325 e. The van der Waals surface area contributed by atoms with E-state index in [2.05, 4.69) is 20.8 Å². The lowest BCUT2D eigenvalue weighted by atomic mass is 9.67. The van der Waals surface area contributed by atoms with Crippen LogP contribution in [0.15, 0.2) is 0 Å². The standard InChI is InChI=1S/C13H25N/c1-10-4-6-11(7-5-10)13(8-9-13)12(2,3)14/h10-11H,4-9,14H2,1-3H3. The molecule has 0 aromatic heterocycles. The summed E-state index contributed by atoms with van der Waals surface area (Å²) in [5.41, 5.74) is 6.92. The lowest BCUT2D eigenvalue weighted by Crippen LogP contribution is -2.47. The molecule has 2 aliphatic carbocycles. The second-order valence-electron chi connectivity index (χ2n) is 6.33. The van der Waals surface area contributed by atoms with Crippen LogP contribution in [-0.2, 0) is 0 Å². The van der Waals surface area contributed by atoms with Gasteiger partial charge in [-0.05, 0) is 56.8 Å². The fourth-order valence-electron chi connectivity index (χ4n) is 3.53. The van der Waals surface area contributed by atoms with Crippen molar-refractivity contribution >= 4 is 0 Å². The first-order valence-corrected chi connectivity index (χ1v) is 6.24. The van der Waals surface area contributed by atoms with Gasteiger partial charge in [-0.3, -0.25) is 0 Å². The van der Waals surface area contributed by atoms with E-state index in [-0.39, 0.29) is 5.54 Å². The summed E-state index contributed by atoms with van der Waals surface area (Å²) in [6.45, 7) is 6.86. The molecular weight excluding hydrogens is 170 g/mol. The summed E-state index contributed by atoms with van der Waals surface area (Å²) in [6.07, 6.45) is 8.50. The van der Waals surface area contributed by atoms with Gasteiger partial charge in [-0.15, -0.1) is 0 Å². The van der Waals surface area contributed by atoms with Gasteiger partial charge in [0.2, 0.25) is 0 Å². The van der Waals surface area contributed by atoms with Crippen LogP contribution in [0.5, 0.6) is 0 Å². The Kier molecular flexibility index (Phi) is 2.42. The second kappa shape index (κ2) is 3.23. The lowest BCUT2D eigenvalue weighted by molar-refractivity contribution is 0.129. The predicted molar refractivity (Wildman–Crippen MR) is 61.1 cm³/mol. The van der Waals surface area contributed by atoms with Crippen LogP contribution < -0.4 is 5.73 Å². The van der Waals surface area contributed by atoms with Crippen LogP contribution in [-0.4, -0.2) is 5.54 Å². The van der Waals surface area contributed by atoms with Crippen LogP contribution in [0.1, 0.15) is 59.3 Å². The third-order valence-corrected chi connectivity index (χ3v) is 4.87. The molecule has 0 radical (unpaired) electrons. The van der Waals surface area contributed by atoms with E-state index in [9.17, 15) is 0 Å². The molecule has 1 heteroatoms. The molecule has 0 saturated heterocycles. The molecule has 2 N–H and O–H groups in total. The Labute approximate surface area is 88.4 Å². The maximum Gasteiger partial charge on any atom is 0.0156 e. The zero-order chi connectivity index (χ0) is 10.4. The van der Waals surface area contributed by atoms with Gasteiger partial charge in [0.15, 0.2) is 0 Å². The van der Waals surface area contributed by atoms with Crippen molar-refractivity contribution in [1.82, 2.24) is 0 Å². The van der Waals surface area contributed by atoms with Gasteiger partial charge in [0.05, 0.1) is 0 Å². The Morgan fingerprint density at radius 1 is 1.07 bits per heavy atom. The number of hydrogen-bond acceptors (Lipinski definition) is 1. The minimum absolute atomic E-state index is 0.0538. The summed E-state index contributed by atoms with van der Waals surface area (Å²) in [5, 5.41) is 0. The summed E-state index contributed by atoms with van der Waals surface area (Å²) >= 11 is 0. The van der Waals surface area contributed by atoms with E-state index in [1.54, 1.807) is 0 Å². The highest BCUT2D eigenvalue weighted by Crippen LogP contribution is 2.61. The fourth-order valence-corrected chi connectivity index (χ4v) is 3.53. The summed E-state index contributed by atoms with van der Waals surface area (Å²) in [6, 6.07) is 0. The molecule has 2 rings (SSSR count). The van der Waals surface area contributed by atoms with Gasteiger partial charge in [-0.2, -0.15) is 0 Å². The van der Waals surface area contributed by atoms with E-state index >= 15 is 0 Å². The first-order chi connectivity index (χ1) is 6.46. The summed E-state index contributed by atoms with van der Waals surface area (Å²) < 4.78 is 0. The number of hydrogen-bond donors (Lipinski definition) is 1. The topological polar surface area (TPSA) is 26.0 Å². The lowest BCUT2D eigenvalue weighted by Gasteiger charge is -2.41. The average molecular weight is 195 g/mol. The minimum Gasteiger partial charge on any atom is -0.325 e. The van der Waals surface area contributed by atoms with Crippen molar-refractivity contribution in [2.45, 2.75) is 64.8 Å². The van der Waals surface area contributed by atoms with Crippen molar-refractivity contribution in [3.63, 3.8) is 0 Å². The first kappa shape index (κ1) is 10.5. The number of nitrogens with two attached hydrogens (primary N) is 1. The van der Waals surface area contributed by atoms with Gasteiger partial charge in [0.1, 0.15) is 0 Å². The SMILES string of the molecule is CC1CCC(C2(C(C)(C)N)CC2)CC1. The molecule has 1 nitrogen and oxygen atoms in total. The van der Waals surface area contributed by atoms with Crippen LogP contribution >= 0.6 is 0 Å². The van der Waals surface area contributed by atoms with Gasteiger partial charge < -0.3 is 5.73 Å². The molecule has 0 spiro atoms. The number of rotatable bonds is 2. The van der Waals surface area contributed by atoms with Crippen LogP contribution in [0.25, 0.3) is 0 Å². The molecule has 0 aliphatic heterocycles. The molecule has 0 unspecified atom stereocenters. The van der Waals surface area contributed by atoms with Gasteiger partial charge in [-0.1, -0.05) is 19.8 Å². The molecule has 82 valence electrons. The Morgan fingerprint density at radius 2 is 1.57 bits per heavy atom. The molecule has 2 saturated carbocycles. The average Bonchev–Trinajstić information content (AvgIpc) is 2.84. The molecule has 2 aliphatic rings. The molecular formula is C13H25N. The fraction of sp³-hybridized carbons (Fsp3) is 1.00. The van der Waals surface area contributed by atoms with Crippen molar-refractivity contribution < 1.29 is 0 Å². The Hall–Kier alpha value is -0.0400. The van der Waals surface area contributed by atoms with Gasteiger partial charge in [-0.25, -0.2) is 0 Å². The highest BCUT2D eigenvalue weighted by Gasteiger charge is 2.57. The van der Waals surface area contributed by atoms with Gasteiger partial charge in [0, 0.05) is 5.54 Å². The molecule has 0 heterocycles. The Bertz CT molecular complexity index is 202. The highest BCUT2D eigenvalue weighted by atomic mass is 14.8. The molecule has 0 atom stereocenters. The second-order valence-corrected chi connectivity index (χ2v) is 6.33.